The third-order valence-electron chi connectivity index (χ3n) is 7.85. The van der Waals surface area contributed by atoms with Gasteiger partial charge in [-0.25, -0.2) is 13.6 Å². The van der Waals surface area contributed by atoms with Crippen molar-refractivity contribution in [1.82, 2.24) is 16.0 Å². The first kappa shape index (κ1) is 34.5. The van der Waals surface area contributed by atoms with Crippen LogP contribution in [0.4, 0.5) is 13.6 Å². The first-order valence-corrected chi connectivity index (χ1v) is 15.3. The molecule has 9 heteroatoms. The molecular weight excluding hydrogens is 552 g/mol. The number of ether oxygens (including phenoxy) is 1. The first-order chi connectivity index (χ1) is 20.1. The summed E-state index contributed by atoms with van der Waals surface area (Å²) in [6.45, 7) is 12.0. The summed E-state index contributed by atoms with van der Waals surface area (Å²) in [5.41, 5.74) is 1.71. The molecule has 7 nitrogen and oxygen atoms in total. The highest BCUT2D eigenvalue weighted by Crippen LogP contribution is 2.38. The highest BCUT2D eigenvalue weighted by atomic mass is 19.1. The maximum absolute atomic E-state index is 14.0. The molecule has 0 aliphatic heterocycles. The number of alkyl carbamates (subject to hydrolysis) is 1. The van der Waals surface area contributed by atoms with Crippen molar-refractivity contribution in [3.63, 3.8) is 0 Å². The lowest BCUT2D eigenvalue weighted by atomic mass is 9.74. The molecule has 2 aromatic carbocycles. The topological polar surface area (TPSA) is 99.7 Å². The summed E-state index contributed by atoms with van der Waals surface area (Å²) in [6, 6.07) is 11.0. The van der Waals surface area contributed by atoms with Crippen LogP contribution in [0.1, 0.15) is 96.8 Å². The van der Waals surface area contributed by atoms with Crippen molar-refractivity contribution in [1.29, 1.82) is 0 Å². The van der Waals surface area contributed by atoms with Gasteiger partial charge in [0.05, 0.1) is 12.1 Å². The Balaban J connectivity index is 1.75. The van der Waals surface area contributed by atoms with E-state index in [1.807, 2.05) is 0 Å². The minimum Gasteiger partial charge on any atom is -0.444 e. The van der Waals surface area contributed by atoms with Gasteiger partial charge in [0.1, 0.15) is 17.2 Å². The standard InChI is InChI=1S/C34H49F2N3O4/c1-32(2,3)24-11-10-12-25(20-24)34(14-8-7-9-15-34)38-22-29(40)28(19-23-17-26(35)21-27(36)18-23)39-30(41)13-16-37-31(42)43-33(4,5)6/h10-12,17-18,20-21,28-29,38,40H,7-9,13-16,19,22H2,1-6H3,(H,37,42)(H,39,41). The summed E-state index contributed by atoms with van der Waals surface area (Å²) in [4.78, 5) is 24.8. The molecule has 2 unspecified atom stereocenters. The summed E-state index contributed by atoms with van der Waals surface area (Å²) in [5.74, 6) is -1.87. The molecule has 2 amide bonds. The molecule has 1 aliphatic rings. The van der Waals surface area contributed by atoms with Crippen molar-refractivity contribution >= 4 is 12.0 Å². The Bertz CT molecular complexity index is 1210. The molecule has 0 radical (unpaired) electrons. The molecule has 0 bridgehead atoms. The van der Waals surface area contributed by atoms with E-state index in [-0.39, 0.29) is 36.9 Å². The van der Waals surface area contributed by atoms with Gasteiger partial charge in [0.2, 0.25) is 5.91 Å². The predicted octanol–water partition coefficient (Wildman–Crippen LogP) is 6.01. The summed E-state index contributed by atoms with van der Waals surface area (Å²) < 4.78 is 33.2. The molecule has 0 aromatic heterocycles. The predicted molar refractivity (Wildman–Crippen MR) is 165 cm³/mol. The van der Waals surface area contributed by atoms with Gasteiger partial charge in [-0.3, -0.25) is 4.79 Å². The Morgan fingerprint density at radius 1 is 0.977 bits per heavy atom. The van der Waals surface area contributed by atoms with Crippen LogP contribution in [0.15, 0.2) is 42.5 Å². The highest BCUT2D eigenvalue weighted by molar-refractivity contribution is 5.77. The zero-order chi connectivity index (χ0) is 31.8. The van der Waals surface area contributed by atoms with E-state index in [0.717, 1.165) is 38.2 Å². The average Bonchev–Trinajstić information content (AvgIpc) is 2.90. The lowest BCUT2D eigenvalue weighted by Gasteiger charge is -2.41. The normalized spacial score (nSPS) is 16.7. The zero-order valence-electron chi connectivity index (χ0n) is 26.5. The Labute approximate surface area is 255 Å². The second-order valence-electron chi connectivity index (χ2n) is 13.8. The van der Waals surface area contributed by atoms with Crippen molar-refractivity contribution in [3.05, 3.63) is 70.8 Å². The van der Waals surface area contributed by atoms with Gasteiger partial charge in [-0.15, -0.1) is 0 Å². The average molecular weight is 602 g/mol. The number of benzene rings is 2. The molecule has 0 heterocycles. The van der Waals surface area contributed by atoms with Crippen molar-refractivity contribution in [2.45, 2.75) is 115 Å². The number of carbonyl (C=O) groups is 2. The monoisotopic (exact) mass is 601 g/mol. The van der Waals surface area contributed by atoms with Crippen LogP contribution < -0.4 is 16.0 Å². The molecule has 1 fully saturated rings. The third-order valence-corrected chi connectivity index (χ3v) is 7.85. The number of aliphatic hydroxyl groups is 1. The molecule has 1 saturated carbocycles. The third kappa shape index (κ3) is 10.9. The lowest BCUT2D eigenvalue weighted by molar-refractivity contribution is -0.122. The van der Waals surface area contributed by atoms with E-state index in [2.05, 4.69) is 61.0 Å². The molecule has 4 N–H and O–H groups in total. The van der Waals surface area contributed by atoms with Gasteiger partial charge < -0.3 is 25.8 Å². The number of amides is 2. The van der Waals surface area contributed by atoms with E-state index in [1.54, 1.807) is 20.8 Å². The van der Waals surface area contributed by atoms with Crippen LogP contribution in [0, 0.1) is 11.6 Å². The molecule has 238 valence electrons. The molecular formula is C34H49F2N3O4. The fourth-order valence-electron chi connectivity index (χ4n) is 5.59. The number of halogens is 2. The highest BCUT2D eigenvalue weighted by Gasteiger charge is 2.35. The molecule has 2 atom stereocenters. The number of nitrogens with one attached hydrogen (secondary N) is 3. The van der Waals surface area contributed by atoms with E-state index in [4.69, 9.17) is 4.74 Å². The second-order valence-corrected chi connectivity index (χ2v) is 13.8. The summed E-state index contributed by atoms with van der Waals surface area (Å²) in [6.07, 6.45) is 3.35. The van der Waals surface area contributed by atoms with Gasteiger partial charge in [0.25, 0.3) is 0 Å². The minimum absolute atomic E-state index is 0.0146. The molecule has 0 saturated heterocycles. The van der Waals surface area contributed by atoms with Crippen LogP contribution in [0.2, 0.25) is 0 Å². The van der Waals surface area contributed by atoms with Crippen LogP contribution in [0.3, 0.4) is 0 Å². The molecule has 2 aromatic rings. The van der Waals surface area contributed by atoms with E-state index >= 15 is 0 Å². The van der Waals surface area contributed by atoms with E-state index in [1.165, 1.54) is 23.3 Å². The van der Waals surface area contributed by atoms with Crippen molar-refractivity contribution < 1.29 is 28.2 Å². The maximum atomic E-state index is 14.0. The maximum Gasteiger partial charge on any atom is 0.407 e. The Morgan fingerprint density at radius 3 is 2.23 bits per heavy atom. The van der Waals surface area contributed by atoms with Crippen LogP contribution in [0.5, 0.6) is 0 Å². The largest absolute Gasteiger partial charge is 0.444 e. The Kier molecular flexibility index (Phi) is 11.7. The SMILES string of the molecule is CC(C)(C)OC(=O)NCCC(=O)NC(Cc1cc(F)cc(F)c1)C(O)CNC1(c2cccc(C(C)(C)C)c2)CCCCC1. The van der Waals surface area contributed by atoms with Gasteiger partial charge in [-0.1, -0.05) is 64.3 Å². The van der Waals surface area contributed by atoms with Gasteiger partial charge in [0.15, 0.2) is 0 Å². The molecule has 1 aliphatic carbocycles. The van der Waals surface area contributed by atoms with Gasteiger partial charge >= 0.3 is 6.09 Å². The zero-order valence-corrected chi connectivity index (χ0v) is 26.5. The summed E-state index contributed by atoms with van der Waals surface area (Å²) in [5, 5.41) is 20.4. The minimum atomic E-state index is -1.06. The fraction of sp³-hybridized carbons (Fsp3) is 0.588. The number of hydrogen-bond donors (Lipinski definition) is 4. The smallest absolute Gasteiger partial charge is 0.407 e. The van der Waals surface area contributed by atoms with Crippen molar-refractivity contribution in [2.24, 2.45) is 0 Å². The van der Waals surface area contributed by atoms with Gasteiger partial charge in [-0.05, 0) is 74.3 Å². The lowest BCUT2D eigenvalue weighted by Crippen LogP contribution is -2.53. The van der Waals surface area contributed by atoms with Crippen LogP contribution in [0.25, 0.3) is 0 Å². The van der Waals surface area contributed by atoms with E-state index in [0.29, 0.717) is 5.56 Å². The van der Waals surface area contributed by atoms with E-state index < -0.39 is 41.4 Å². The van der Waals surface area contributed by atoms with Gasteiger partial charge in [-0.2, -0.15) is 0 Å². The van der Waals surface area contributed by atoms with Crippen molar-refractivity contribution in [3.8, 4) is 0 Å². The number of hydrogen-bond acceptors (Lipinski definition) is 5. The summed E-state index contributed by atoms with van der Waals surface area (Å²) >= 11 is 0. The van der Waals surface area contributed by atoms with Crippen molar-refractivity contribution in [2.75, 3.05) is 13.1 Å². The first-order valence-electron chi connectivity index (χ1n) is 15.3. The Hall–Kier alpha value is -3.04. The fourth-order valence-corrected chi connectivity index (χ4v) is 5.59. The molecule has 43 heavy (non-hydrogen) atoms. The quantitative estimate of drug-likeness (QED) is 0.253. The van der Waals surface area contributed by atoms with Crippen LogP contribution in [-0.4, -0.2) is 47.9 Å². The Morgan fingerprint density at radius 2 is 1.63 bits per heavy atom. The second kappa shape index (κ2) is 14.6. The molecule has 3 rings (SSSR count). The number of rotatable bonds is 11. The summed E-state index contributed by atoms with van der Waals surface area (Å²) in [7, 11) is 0. The molecule has 0 spiro atoms. The van der Waals surface area contributed by atoms with E-state index in [9.17, 15) is 23.5 Å². The number of aliphatic hydroxyl groups excluding tert-OH is 1. The van der Waals surface area contributed by atoms with Crippen LogP contribution >= 0.6 is 0 Å². The van der Waals surface area contributed by atoms with Crippen LogP contribution in [-0.2, 0) is 26.9 Å². The van der Waals surface area contributed by atoms with Gasteiger partial charge in [0, 0.05) is 31.1 Å². The number of carbonyl (C=O) groups excluding carboxylic acids is 2.